The molecule has 0 spiro atoms. The molecule has 0 atom stereocenters. The van der Waals surface area contributed by atoms with Gasteiger partial charge in [-0.3, -0.25) is 0 Å². The Balaban J connectivity index is 2.22. The molecule has 0 radical (unpaired) electrons. The van der Waals surface area contributed by atoms with Crippen LogP contribution in [0.1, 0.15) is 52.9 Å². The van der Waals surface area contributed by atoms with Crippen molar-refractivity contribution in [1.82, 2.24) is 5.43 Å². The van der Waals surface area contributed by atoms with E-state index in [1.807, 2.05) is 0 Å². The summed E-state index contributed by atoms with van der Waals surface area (Å²) in [6, 6.07) is 0. The second-order valence-electron chi connectivity index (χ2n) is 5.04. The quantitative estimate of drug-likeness (QED) is 0.515. The minimum atomic E-state index is 0.102. The Morgan fingerprint density at radius 1 is 1.15 bits per heavy atom. The van der Waals surface area contributed by atoms with Gasteiger partial charge in [0.2, 0.25) is 0 Å². The van der Waals surface area contributed by atoms with E-state index in [1.54, 1.807) is 0 Å². The van der Waals surface area contributed by atoms with Gasteiger partial charge in [-0.1, -0.05) is 19.3 Å². The minimum absolute atomic E-state index is 0.102. The van der Waals surface area contributed by atoms with Crippen molar-refractivity contribution >= 4 is 6.21 Å². The van der Waals surface area contributed by atoms with Crippen LogP contribution in [0.25, 0.3) is 0 Å². The fourth-order valence-corrected chi connectivity index (χ4v) is 1.62. The predicted octanol–water partition coefficient (Wildman–Crippen LogP) is 2.94. The number of hydrazone groups is 1. The maximum atomic E-state index is 4.29. The summed E-state index contributed by atoms with van der Waals surface area (Å²) >= 11 is 0. The molecular formula is C11H22N2. The molecular weight excluding hydrogens is 160 g/mol. The van der Waals surface area contributed by atoms with Crippen LogP contribution in [0.15, 0.2) is 5.10 Å². The average Bonchev–Trinajstić information content (AvgIpc) is 2.04. The molecule has 0 aromatic heterocycles. The lowest BCUT2D eigenvalue weighted by Crippen LogP contribution is -2.31. The molecule has 1 saturated carbocycles. The van der Waals surface area contributed by atoms with Crippen LogP contribution in [-0.2, 0) is 0 Å². The van der Waals surface area contributed by atoms with Crippen LogP contribution in [0.2, 0.25) is 0 Å². The molecule has 1 N–H and O–H groups in total. The smallest absolute Gasteiger partial charge is 0.0464 e. The first-order valence-corrected chi connectivity index (χ1v) is 5.38. The highest BCUT2D eigenvalue weighted by Gasteiger charge is 2.11. The molecule has 2 nitrogen and oxygen atoms in total. The summed E-state index contributed by atoms with van der Waals surface area (Å²) in [5.41, 5.74) is 3.24. The van der Waals surface area contributed by atoms with Gasteiger partial charge >= 0.3 is 0 Å². The van der Waals surface area contributed by atoms with Gasteiger partial charge in [0.1, 0.15) is 0 Å². The van der Waals surface area contributed by atoms with Crippen molar-refractivity contribution in [3.8, 4) is 0 Å². The molecule has 0 aromatic carbocycles. The third kappa shape index (κ3) is 4.91. The highest BCUT2D eigenvalue weighted by Crippen LogP contribution is 2.21. The summed E-state index contributed by atoms with van der Waals surface area (Å²) in [4.78, 5) is 0. The molecule has 1 rings (SSSR count). The van der Waals surface area contributed by atoms with Gasteiger partial charge in [0.05, 0.1) is 0 Å². The normalized spacial score (nSPS) is 20.8. The van der Waals surface area contributed by atoms with E-state index in [9.17, 15) is 0 Å². The van der Waals surface area contributed by atoms with Crippen molar-refractivity contribution in [1.29, 1.82) is 0 Å². The zero-order valence-corrected chi connectivity index (χ0v) is 9.14. The van der Waals surface area contributed by atoms with Gasteiger partial charge in [-0.25, -0.2) is 0 Å². The van der Waals surface area contributed by atoms with E-state index >= 15 is 0 Å². The molecule has 0 aliphatic heterocycles. The number of nitrogens with one attached hydrogen (secondary N) is 1. The third-order valence-corrected chi connectivity index (χ3v) is 2.34. The molecule has 0 unspecified atom stereocenters. The van der Waals surface area contributed by atoms with Gasteiger partial charge in [-0.15, -0.1) is 0 Å². The Morgan fingerprint density at radius 3 is 2.31 bits per heavy atom. The van der Waals surface area contributed by atoms with Crippen LogP contribution >= 0.6 is 0 Å². The van der Waals surface area contributed by atoms with E-state index in [4.69, 9.17) is 0 Å². The van der Waals surface area contributed by atoms with Gasteiger partial charge in [0.25, 0.3) is 0 Å². The first-order chi connectivity index (χ1) is 6.08. The maximum absolute atomic E-state index is 4.29. The van der Waals surface area contributed by atoms with Crippen molar-refractivity contribution in [3.63, 3.8) is 0 Å². The molecule has 0 aromatic rings. The third-order valence-electron chi connectivity index (χ3n) is 2.34. The Kier molecular flexibility index (Phi) is 3.76. The molecule has 1 fully saturated rings. The Labute approximate surface area is 81.8 Å². The molecule has 0 saturated heterocycles. The maximum Gasteiger partial charge on any atom is 0.0464 e. The summed E-state index contributed by atoms with van der Waals surface area (Å²) in [6.45, 7) is 6.39. The Bertz CT molecular complexity index is 161. The van der Waals surface area contributed by atoms with Crippen molar-refractivity contribution in [2.75, 3.05) is 0 Å². The first kappa shape index (κ1) is 10.6. The lowest BCUT2D eigenvalue weighted by atomic mass is 9.90. The van der Waals surface area contributed by atoms with Gasteiger partial charge in [-0.2, -0.15) is 5.10 Å². The van der Waals surface area contributed by atoms with Gasteiger partial charge < -0.3 is 5.43 Å². The van der Waals surface area contributed by atoms with Crippen molar-refractivity contribution in [3.05, 3.63) is 0 Å². The molecule has 1 aliphatic rings. The summed E-state index contributed by atoms with van der Waals surface area (Å²) in [6.07, 6.45) is 8.94. The van der Waals surface area contributed by atoms with Gasteiger partial charge in [0.15, 0.2) is 0 Å². The fourth-order valence-electron chi connectivity index (χ4n) is 1.62. The molecule has 0 heterocycles. The van der Waals surface area contributed by atoms with E-state index in [-0.39, 0.29) is 5.54 Å². The Morgan fingerprint density at radius 2 is 1.77 bits per heavy atom. The van der Waals surface area contributed by atoms with Crippen LogP contribution in [0.4, 0.5) is 0 Å². The van der Waals surface area contributed by atoms with Crippen LogP contribution in [0.5, 0.6) is 0 Å². The molecule has 0 bridgehead atoms. The summed E-state index contributed by atoms with van der Waals surface area (Å²) < 4.78 is 0. The highest BCUT2D eigenvalue weighted by molar-refractivity contribution is 5.60. The average molecular weight is 182 g/mol. The molecule has 0 amide bonds. The molecule has 1 aliphatic carbocycles. The van der Waals surface area contributed by atoms with Gasteiger partial charge in [0, 0.05) is 11.8 Å². The van der Waals surface area contributed by atoms with Crippen LogP contribution in [0, 0.1) is 5.92 Å². The van der Waals surface area contributed by atoms with E-state index < -0.39 is 0 Å². The first-order valence-electron chi connectivity index (χ1n) is 5.38. The number of nitrogens with zero attached hydrogens (tertiary/aromatic N) is 1. The van der Waals surface area contributed by atoms with E-state index in [0.29, 0.717) is 0 Å². The topological polar surface area (TPSA) is 24.4 Å². The van der Waals surface area contributed by atoms with Gasteiger partial charge in [-0.05, 0) is 39.5 Å². The molecule has 76 valence electrons. The second kappa shape index (κ2) is 4.64. The SMILES string of the molecule is CC(C)(C)N/N=C/C1CCCCC1. The molecule has 13 heavy (non-hydrogen) atoms. The summed E-state index contributed by atoms with van der Waals surface area (Å²) in [7, 11) is 0. The fraction of sp³-hybridized carbons (Fsp3) is 0.909. The zero-order valence-electron chi connectivity index (χ0n) is 9.14. The van der Waals surface area contributed by atoms with Crippen molar-refractivity contribution < 1.29 is 0 Å². The van der Waals surface area contributed by atoms with E-state index in [2.05, 4.69) is 37.5 Å². The standard InChI is InChI=1S/C11H22N2/c1-11(2,3)13-12-9-10-7-5-4-6-8-10/h9-10,13H,4-8H2,1-3H3/b12-9+. The second-order valence-corrected chi connectivity index (χ2v) is 5.04. The van der Waals surface area contributed by atoms with Crippen LogP contribution in [0.3, 0.4) is 0 Å². The van der Waals surface area contributed by atoms with Crippen LogP contribution < -0.4 is 5.43 Å². The summed E-state index contributed by atoms with van der Waals surface area (Å²) in [5, 5.41) is 4.29. The van der Waals surface area contributed by atoms with Crippen LogP contribution in [-0.4, -0.2) is 11.8 Å². The predicted molar refractivity (Wildman–Crippen MR) is 58.0 cm³/mol. The summed E-state index contributed by atoms with van der Waals surface area (Å²) in [5.74, 6) is 0.726. The lowest BCUT2D eigenvalue weighted by Gasteiger charge is -2.20. The monoisotopic (exact) mass is 182 g/mol. The van der Waals surface area contributed by atoms with Crippen molar-refractivity contribution in [2.24, 2.45) is 11.0 Å². The largest absolute Gasteiger partial charge is 0.305 e. The number of rotatable bonds is 2. The van der Waals surface area contributed by atoms with E-state index in [0.717, 1.165) is 5.92 Å². The number of hydrogen-bond acceptors (Lipinski definition) is 2. The highest BCUT2D eigenvalue weighted by atomic mass is 15.3. The van der Waals surface area contributed by atoms with E-state index in [1.165, 1.54) is 32.1 Å². The number of hydrogen-bond donors (Lipinski definition) is 1. The minimum Gasteiger partial charge on any atom is -0.305 e. The lowest BCUT2D eigenvalue weighted by molar-refractivity contribution is 0.424. The molecule has 2 heteroatoms. The zero-order chi connectivity index (χ0) is 9.73. The Hall–Kier alpha value is -0.530. The van der Waals surface area contributed by atoms with Crippen molar-refractivity contribution in [2.45, 2.75) is 58.4 Å².